The average molecular weight is 411 g/mol. The first-order valence-electron chi connectivity index (χ1n) is 10.7. The Morgan fingerprint density at radius 2 is 1.70 bits per heavy atom. The number of amides is 2. The molecule has 0 bridgehead atoms. The molecule has 2 rings (SSSR count). The maximum Gasteiger partial charge on any atom is 0.261 e. The molecular formula is C25H34N2O3. The molecule has 0 saturated heterocycles. The highest BCUT2D eigenvalue weighted by molar-refractivity contribution is 5.88. The topological polar surface area (TPSA) is 58.6 Å². The van der Waals surface area contributed by atoms with Gasteiger partial charge in [0.2, 0.25) is 5.91 Å². The minimum atomic E-state index is -0.536. The van der Waals surface area contributed by atoms with Crippen molar-refractivity contribution in [1.82, 2.24) is 10.2 Å². The number of hydrogen-bond donors (Lipinski definition) is 1. The SMILES string of the molecule is CCCNC(=O)[C@@H](CC)N(Cc1ccccc1C)C(=O)COc1cccc(C)c1C. The summed E-state index contributed by atoms with van der Waals surface area (Å²) in [6.07, 6.45) is 1.39. The first-order valence-corrected chi connectivity index (χ1v) is 10.7. The zero-order valence-electron chi connectivity index (χ0n) is 18.8. The van der Waals surface area contributed by atoms with E-state index in [1.807, 2.05) is 77.1 Å². The lowest BCUT2D eigenvalue weighted by atomic mass is 10.1. The zero-order valence-corrected chi connectivity index (χ0v) is 18.8. The van der Waals surface area contributed by atoms with Gasteiger partial charge in [-0.3, -0.25) is 9.59 Å². The number of carbonyl (C=O) groups excluding carboxylic acids is 2. The highest BCUT2D eigenvalue weighted by Crippen LogP contribution is 2.21. The second-order valence-electron chi connectivity index (χ2n) is 7.65. The first-order chi connectivity index (χ1) is 14.4. The van der Waals surface area contributed by atoms with Crippen molar-refractivity contribution in [2.75, 3.05) is 13.2 Å². The van der Waals surface area contributed by atoms with E-state index in [9.17, 15) is 9.59 Å². The second-order valence-corrected chi connectivity index (χ2v) is 7.65. The van der Waals surface area contributed by atoms with Crippen LogP contribution in [0.1, 0.15) is 48.9 Å². The predicted molar refractivity (Wildman–Crippen MR) is 121 cm³/mol. The molecule has 5 heteroatoms. The fourth-order valence-electron chi connectivity index (χ4n) is 3.36. The standard InChI is InChI=1S/C25H34N2O3/c1-6-15-26-25(29)22(7-2)27(16-21-13-9-8-11-19(21)4)24(28)17-30-23-14-10-12-18(3)20(23)5/h8-14,22H,6-7,15-17H2,1-5H3,(H,26,29)/t22-/m1/s1. The van der Waals surface area contributed by atoms with Crippen LogP contribution in [-0.2, 0) is 16.1 Å². The molecule has 1 N–H and O–H groups in total. The van der Waals surface area contributed by atoms with Crippen molar-refractivity contribution in [3.05, 3.63) is 64.7 Å². The van der Waals surface area contributed by atoms with E-state index < -0.39 is 6.04 Å². The van der Waals surface area contributed by atoms with Crippen LogP contribution in [0.15, 0.2) is 42.5 Å². The van der Waals surface area contributed by atoms with E-state index in [2.05, 4.69) is 5.32 Å². The number of aryl methyl sites for hydroxylation is 2. The van der Waals surface area contributed by atoms with Crippen molar-refractivity contribution < 1.29 is 14.3 Å². The number of nitrogens with zero attached hydrogens (tertiary/aromatic N) is 1. The summed E-state index contributed by atoms with van der Waals surface area (Å²) in [6, 6.07) is 13.2. The molecule has 0 spiro atoms. The summed E-state index contributed by atoms with van der Waals surface area (Å²) in [5.41, 5.74) is 4.25. The first kappa shape index (κ1) is 23.5. The van der Waals surface area contributed by atoms with E-state index in [1.165, 1.54) is 0 Å². The number of hydrogen-bond acceptors (Lipinski definition) is 3. The molecule has 0 aliphatic rings. The van der Waals surface area contributed by atoms with Crippen molar-refractivity contribution in [3.8, 4) is 5.75 Å². The summed E-state index contributed by atoms with van der Waals surface area (Å²) in [7, 11) is 0. The number of ether oxygens (including phenoxy) is 1. The molecule has 2 aromatic carbocycles. The van der Waals surface area contributed by atoms with Gasteiger partial charge in [-0.05, 0) is 61.9 Å². The van der Waals surface area contributed by atoms with Crippen LogP contribution >= 0.6 is 0 Å². The smallest absolute Gasteiger partial charge is 0.261 e. The number of rotatable bonds is 10. The van der Waals surface area contributed by atoms with Crippen LogP contribution in [0.4, 0.5) is 0 Å². The number of nitrogens with one attached hydrogen (secondary N) is 1. The summed E-state index contributed by atoms with van der Waals surface area (Å²) in [6.45, 7) is 10.8. The van der Waals surface area contributed by atoms with Gasteiger partial charge in [0.1, 0.15) is 11.8 Å². The van der Waals surface area contributed by atoms with Crippen molar-refractivity contribution in [2.45, 2.75) is 60.0 Å². The Kier molecular flexibility index (Phi) is 8.90. The quantitative estimate of drug-likeness (QED) is 0.634. The lowest BCUT2D eigenvalue weighted by Gasteiger charge is -2.31. The van der Waals surface area contributed by atoms with Gasteiger partial charge in [0, 0.05) is 13.1 Å². The molecule has 2 aromatic rings. The maximum atomic E-state index is 13.2. The van der Waals surface area contributed by atoms with Crippen molar-refractivity contribution in [1.29, 1.82) is 0 Å². The van der Waals surface area contributed by atoms with Crippen LogP contribution in [-0.4, -0.2) is 35.9 Å². The summed E-state index contributed by atoms with van der Waals surface area (Å²) in [5, 5.41) is 2.94. The van der Waals surface area contributed by atoms with Crippen LogP contribution in [0.2, 0.25) is 0 Å². The lowest BCUT2D eigenvalue weighted by molar-refractivity contribution is -0.143. The van der Waals surface area contributed by atoms with E-state index in [0.29, 0.717) is 25.3 Å². The maximum absolute atomic E-state index is 13.2. The van der Waals surface area contributed by atoms with E-state index in [4.69, 9.17) is 4.74 Å². The normalized spacial score (nSPS) is 11.6. The Morgan fingerprint density at radius 1 is 1.00 bits per heavy atom. The molecule has 0 fully saturated rings. The van der Waals surface area contributed by atoms with Crippen molar-refractivity contribution in [3.63, 3.8) is 0 Å². The highest BCUT2D eigenvalue weighted by atomic mass is 16.5. The van der Waals surface area contributed by atoms with E-state index >= 15 is 0 Å². The van der Waals surface area contributed by atoms with Gasteiger partial charge in [-0.15, -0.1) is 0 Å². The predicted octanol–water partition coefficient (Wildman–Crippen LogP) is 4.32. The van der Waals surface area contributed by atoms with E-state index in [1.54, 1.807) is 4.90 Å². The van der Waals surface area contributed by atoms with Crippen LogP contribution in [0.3, 0.4) is 0 Å². The zero-order chi connectivity index (χ0) is 22.1. The molecule has 0 heterocycles. The summed E-state index contributed by atoms with van der Waals surface area (Å²) >= 11 is 0. The van der Waals surface area contributed by atoms with Crippen LogP contribution in [0.5, 0.6) is 5.75 Å². The minimum absolute atomic E-state index is 0.103. The summed E-state index contributed by atoms with van der Waals surface area (Å²) < 4.78 is 5.86. The van der Waals surface area contributed by atoms with Gasteiger partial charge in [-0.1, -0.05) is 50.2 Å². The molecule has 0 radical (unpaired) electrons. The van der Waals surface area contributed by atoms with Crippen molar-refractivity contribution >= 4 is 11.8 Å². The average Bonchev–Trinajstić information content (AvgIpc) is 2.74. The molecule has 30 heavy (non-hydrogen) atoms. The van der Waals surface area contributed by atoms with Gasteiger partial charge in [-0.25, -0.2) is 0 Å². The van der Waals surface area contributed by atoms with Gasteiger partial charge in [-0.2, -0.15) is 0 Å². The van der Waals surface area contributed by atoms with Gasteiger partial charge in [0.15, 0.2) is 6.61 Å². The largest absolute Gasteiger partial charge is 0.483 e. The van der Waals surface area contributed by atoms with Gasteiger partial charge < -0.3 is 15.0 Å². The molecule has 0 aliphatic carbocycles. The fourth-order valence-corrected chi connectivity index (χ4v) is 3.36. The van der Waals surface area contributed by atoms with Crippen LogP contribution in [0.25, 0.3) is 0 Å². The molecule has 1 atom stereocenters. The fraction of sp³-hybridized carbons (Fsp3) is 0.440. The second kappa shape index (κ2) is 11.4. The Bertz CT molecular complexity index is 863. The molecule has 0 aliphatic heterocycles. The van der Waals surface area contributed by atoms with Gasteiger partial charge in [0.05, 0.1) is 0 Å². The third-order valence-electron chi connectivity index (χ3n) is 5.44. The Morgan fingerprint density at radius 3 is 2.37 bits per heavy atom. The molecule has 2 amide bonds. The molecule has 0 aromatic heterocycles. The molecule has 5 nitrogen and oxygen atoms in total. The third-order valence-corrected chi connectivity index (χ3v) is 5.44. The lowest BCUT2D eigenvalue weighted by Crippen LogP contribution is -2.50. The molecule has 0 saturated carbocycles. The molecule has 162 valence electrons. The van der Waals surface area contributed by atoms with Crippen LogP contribution in [0, 0.1) is 20.8 Å². The molecule has 0 unspecified atom stereocenters. The Labute approximate surface area is 180 Å². The van der Waals surface area contributed by atoms with Gasteiger partial charge >= 0.3 is 0 Å². The Balaban J connectivity index is 2.24. The van der Waals surface area contributed by atoms with Crippen LogP contribution < -0.4 is 10.1 Å². The van der Waals surface area contributed by atoms with Crippen molar-refractivity contribution in [2.24, 2.45) is 0 Å². The minimum Gasteiger partial charge on any atom is -0.483 e. The number of carbonyl (C=O) groups is 2. The summed E-state index contributed by atoms with van der Waals surface area (Å²) in [5.74, 6) is 0.383. The van der Waals surface area contributed by atoms with E-state index in [-0.39, 0.29) is 18.4 Å². The monoisotopic (exact) mass is 410 g/mol. The highest BCUT2D eigenvalue weighted by Gasteiger charge is 2.29. The Hall–Kier alpha value is -2.82. The third kappa shape index (κ3) is 6.09. The van der Waals surface area contributed by atoms with E-state index in [0.717, 1.165) is 28.7 Å². The molecular weight excluding hydrogens is 376 g/mol. The number of benzene rings is 2. The summed E-state index contributed by atoms with van der Waals surface area (Å²) in [4.78, 5) is 27.7. The van der Waals surface area contributed by atoms with Gasteiger partial charge in [0.25, 0.3) is 5.91 Å².